The Hall–Kier alpha value is 0.110. The molecule has 1 rings (SSSR count). The summed E-state index contributed by atoms with van der Waals surface area (Å²) < 4.78 is 1.06. The lowest BCUT2D eigenvalue weighted by atomic mass is 10.1. The fraction of sp³-hybridized carbons (Fsp3) is 0.545. The molecular formula is C11H15Br2N. The SMILES string of the molecule is CCCC(Br)Cc1ncc(Br)cc1C. The first kappa shape index (κ1) is 12.2. The van der Waals surface area contributed by atoms with Crippen LogP contribution in [-0.4, -0.2) is 9.81 Å². The first-order chi connectivity index (χ1) is 6.63. The van der Waals surface area contributed by atoms with Gasteiger partial charge in [0.15, 0.2) is 0 Å². The van der Waals surface area contributed by atoms with Crippen molar-refractivity contribution in [2.45, 2.75) is 37.9 Å². The van der Waals surface area contributed by atoms with Crippen molar-refractivity contribution < 1.29 is 0 Å². The molecule has 1 aromatic rings. The second-order valence-corrected chi connectivity index (χ2v) is 5.72. The molecule has 3 heteroatoms. The van der Waals surface area contributed by atoms with Crippen LogP contribution in [0.5, 0.6) is 0 Å². The van der Waals surface area contributed by atoms with E-state index in [0.717, 1.165) is 10.9 Å². The zero-order valence-electron chi connectivity index (χ0n) is 8.56. The molecule has 0 fully saturated rings. The van der Waals surface area contributed by atoms with Gasteiger partial charge in [-0.05, 0) is 40.9 Å². The highest BCUT2D eigenvalue weighted by Gasteiger charge is 2.07. The van der Waals surface area contributed by atoms with Crippen LogP contribution in [0.25, 0.3) is 0 Å². The number of aromatic nitrogens is 1. The second-order valence-electron chi connectivity index (χ2n) is 3.51. The summed E-state index contributed by atoms with van der Waals surface area (Å²) in [6.45, 7) is 4.31. The summed E-state index contributed by atoms with van der Waals surface area (Å²) in [7, 11) is 0. The van der Waals surface area contributed by atoms with E-state index in [9.17, 15) is 0 Å². The van der Waals surface area contributed by atoms with Gasteiger partial charge in [-0.15, -0.1) is 0 Å². The van der Waals surface area contributed by atoms with Gasteiger partial charge < -0.3 is 0 Å². The molecule has 14 heavy (non-hydrogen) atoms. The molecule has 0 bridgehead atoms. The molecule has 0 saturated heterocycles. The summed E-state index contributed by atoms with van der Waals surface area (Å²) in [5.74, 6) is 0. The average molecular weight is 321 g/mol. The Morgan fingerprint density at radius 3 is 2.79 bits per heavy atom. The topological polar surface area (TPSA) is 12.9 Å². The van der Waals surface area contributed by atoms with E-state index in [1.807, 2.05) is 6.20 Å². The van der Waals surface area contributed by atoms with Crippen molar-refractivity contribution in [3.05, 3.63) is 28.0 Å². The first-order valence-electron chi connectivity index (χ1n) is 4.88. The van der Waals surface area contributed by atoms with Gasteiger partial charge in [0, 0.05) is 27.6 Å². The molecule has 0 aliphatic rings. The van der Waals surface area contributed by atoms with Gasteiger partial charge in [0.2, 0.25) is 0 Å². The zero-order chi connectivity index (χ0) is 10.6. The van der Waals surface area contributed by atoms with Gasteiger partial charge in [-0.25, -0.2) is 0 Å². The normalized spacial score (nSPS) is 12.9. The van der Waals surface area contributed by atoms with Crippen molar-refractivity contribution in [1.82, 2.24) is 4.98 Å². The molecule has 1 unspecified atom stereocenters. The first-order valence-corrected chi connectivity index (χ1v) is 6.59. The molecule has 1 aromatic heterocycles. The van der Waals surface area contributed by atoms with Crippen LogP contribution in [0.4, 0.5) is 0 Å². The monoisotopic (exact) mass is 319 g/mol. The van der Waals surface area contributed by atoms with E-state index in [4.69, 9.17) is 0 Å². The fourth-order valence-electron chi connectivity index (χ4n) is 1.41. The molecular weight excluding hydrogens is 306 g/mol. The number of hydrogen-bond acceptors (Lipinski definition) is 1. The molecule has 1 heterocycles. The Balaban J connectivity index is 2.67. The van der Waals surface area contributed by atoms with Gasteiger partial charge in [-0.2, -0.15) is 0 Å². The van der Waals surface area contributed by atoms with Crippen molar-refractivity contribution >= 4 is 31.9 Å². The molecule has 0 aromatic carbocycles. The molecule has 78 valence electrons. The number of rotatable bonds is 4. The van der Waals surface area contributed by atoms with Gasteiger partial charge in [0.05, 0.1) is 0 Å². The summed E-state index contributed by atoms with van der Waals surface area (Å²) in [5.41, 5.74) is 2.46. The molecule has 0 spiro atoms. The Morgan fingerprint density at radius 2 is 2.21 bits per heavy atom. The highest BCUT2D eigenvalue weighted by Crippen LogP contribution is 2.18. The van der Waals surface area contributed by atoms with Crippen LogP contribution < -0.4 is 0 Å². The second kappa shape index (κ2) is 5.86. The van der Waals surface area contributed by atoms with Crippen LogP contribution in [0.1, 0.15) is 31.0 Å². The third-order valence-electron chi connectivity index (χ3n) is 2.17. The Bertz CT molecular complexity index is 299. The number of pyridine rings is 1. The van der Waals surface area contributed by atoms with Gasteiger partial charge in [0.25, 0.3) is 0 Å². The third-order valence-corrected chi connectivity index (χ3v) is 3.39. The summed E-state index contributed by atoms with van der Waals surface area (Å²) in [4.78, 5) is 4.98. The summed E-state index contributed by atoms with van der Waals surface area (Å²) in [6.07, 6.45) is 5.31. The van der Waals surface area contributed by atoms with Gasteiger partial charge in [-0.1, -0.05) is 29.3 Å². The maximum absolute atomic E-state index is 4.42. The van der Waals surface area contributed by atoms with Crippen LogP contribution in [-0.2, 0) is 6.42 Å². The maximum atomic E-state index is 4.42. The number of nitrogens with zero attached hydrogens (tertiary/aromatic N) is 1. The molecule has 0 aliphatic carbocycles. The van der Waals surface area contributed by atoms with E-state index in [1.54, 1.807) is 0 Å². The number of hydrogen-bond donors (Lipinski definition) is 0. The maximum Gasteiger partial charge on any atom is 0.0444 e. The van der Waals surface area contributed by atoms with Gasteiger partial charge in [0.1, 0.15) is 0 Å². The third kappa shape index (κ3) is 3.70. The molecule has 0 saturated carbocycles. The Morgan fingerprint density at radius 1 is 1.50 bits per heavy atom. The minimum atomic E-state index is 0.555. The standard InChI is InChI=1S/C11H15Br2N/c1-3-4-9(12)6-11-8(2)5-10(13)7-14-11/h5,7,9H,3-4,6H2,1-2H3. The minimum absolute atomic E-state index is 0.555. The lowest BCUT2D eigenvalue weighted by Gasteiger charge is -2.09. The lowest BCUT2D eigenvalue weighted by Crippen LogP contribution is -2.05. The van der Waals surface area contributed by atoms with E-state index in [2.05, 4.69) is 56.8 Å². The molecule has 0 aliphatic heterocycles. The molecule has 0 amide bonds. The quantitative estimate of drug-likeness (QED) is 0.755. The number of aryl methyl sites for hydroxylation is 1. The molecule has 0 N–H and O–H groups in total. The van der Waals surface area contributed by atoms with Crippen molar-refractivity contribution in [1.29, 1.82) is 0 Å². The Kier molecular flexibility index (Phi) is 5.10. The predicted molar refractivity (Wildman–Crippen MR) is 68.0 cm³/mol. The Labute approximate surface area is 103 Å². The lowest BCUT2D eigenvalue weighted by molar-refractivity contribution is 0.731. The van der Waals surface area contributed by atoms with Crippen molar-refractivity contribution in [2.24, 2.45) is 0 Å². The summed E-state index contributed by atoms with van der Waals surface area (Å²) in [6, 6.07) is 2.12. The fourth-order valence-corrected chi connectivity index (χ4v) is 2.62. The van der Waals surface area contributed by atoms with Crippen molar-refractivity contribution in [3.63, 3.8) is 0 Å². The van der Waals surface area contributed by atoms with E-state index in [0.29, 0.717) is 4.83 Å². The highest BCUT2D eigenvalue weighted by atomic mass is 79.9. The van der Waals surface area contributed by atoms with E-state index in [-0.39, 0.29) is 0 Å². The van der Waals surface area contributed by atoms with E-state index >= 15 is 0 Å². The van der Waals surface area contributed by atoms with Crippen LogP contribution >= 0.6 is 31.9 Å². The highest BCUT2D eigenvalue weighted by molar-refractivity contribution is 9.10. The van der Waals surface area contributed by atoms with Crippen LogP contribution in [0.15, 0.2) is 16.7 Å². The van der Waals surface area contributed by atoms with Gasteiger partial charge >= 0.3 is 0 Å². The summed E-state index contributed by atoms with van der Waals surface area (Å²) >= 11 is 7.09. The molecule has 1 nitrogen and oxygen atoms in total. The van der Waals surface area contributed by atoms with Gasteiger partial charge in [-0.3, -0.25) is 4.98 Å². The van der Waals surface area contributed by atoms with E-state index < -0.39 is 0 Å². The summed E-state index contributed by atoms with van der Waals surface area (Å²) in [5, 5.41) is 0. The van der Waals surface area contributed by atoms with Crippen molar-refractivity contribution in [3.8, 4) is 0 Å². The van der Waals surface area contributed by atoms with Crippen LogP contribution in [0, 0.1) is 6.92 Å². The minimum Gasteiger partial charge on any atom is -0.260 e. The smallest absolute Gasteiger partial charge is 0.0444 e. The average Bonchev–Trinajstić information content (AvgIpc) is 2.10. The van der Waals surface area contributed by atoms with Crippen LogP contribution in [0.3, 0.4) is 0 Å². The van der Waals surface area contributed by atoms with Crippen LogP contribution in [0.2, 0.25) is 0 Å². The zero-order valence-corrected chi connectivity index (χ0v) is 11.7. The number of halogens is 2. The van der Waals surface area contributed by atoms with Crippen molar-refractivity contribution in [2.75, 3.05) is 0 Å². The largest absolute Gasteiger partial charge is 0.260 e. The predicted octanol–water partition coefficient (Wildman–Crippen LogP) is 4.26. The molecule has 1 atom stereocenters. The molecule has 0 radical (unpaired) electrons. The van der Waals surface area contributed by atoms with E-state index in [1.165, 1.54) is 24.1 Å². The number of alkyl halides is 1.